The second kappa shape index (κ2) is 7.02. The third-order valence-corrected chi connectivity index (χ3v) is 5.14. The van der Waals surface area contributed by atoms with Gasteiger partial charge in [-0.25, -0.2) is 9.78 Å². The van der Waals surface area contributed by atoms with Gasteiger partial charge in [0.05, 0.1) is 16.8 Å². The van der Waals surface area contributed by atoms with Gasteiger partial charge in [-0.15, -0.1) is 11.3 Å². The van der Waals surface area contributed by atoms with E-state index in [0.717, 1.165) is 16.5 Å². The van der Waals surface area contributed by atoms with Crippen LogP contribution in [0.4, 0.5) is 0 Å². The summed E-state index contributed by atoms with van der Waals surface area (Å²) in [6.45, 7) is 1.99. The lowest BCUT2D eigenvalue weighted by Crippen LogP contribution is -2.02. The Kier molecular flexibility index (Phi) is 4.41. The van der Waals surface area contributed by atoms with Gasteiger partial charge in [0.1, 0.15) is 16.7 Å². The smallest absolute Gasteiger partial charge is 0.345 e. The van der Waals surface area contributed by atoms with Gasteiger partial charge in [-0.1, -0.05) is 42.5 Å². The van der Waals surface area contributed by atoms with Crippen molar-refractivity contribution in [1.29, 1.82) is 5.26 Å². The van der Waals surface area contributed by atoms with E-state index in [1.165, 1.54) is 11.3 Å². The molecule has 0 saturated heterocycles. The highest BCUT2D eigenvalue weighted by molar-refractivity contribution is 7.11. The summed E-state index contributed by atoms with van der Waals surface area (Å²) in [5, 5.41) is 12.8. The first-order valence-electron chi connectivity index (χ1n) is 8.32. The second-order valence-electron chi connectivity index (χ2n) is 6.05. The normalized spacial score (nSPS) is 11.5. The Bertz CT molecular complexity index is 1280. The van der Waals surface area contributed by atoms with Crippen LogP contribution in [-0.2, 0) is 0 Å². The summed E-state index contributed by atoms with van der Waals surface area (Å²) in [6, 6.07) is 19.2. The van der Waals surface area contributed by atoms with Crippen LogP contribution in [0.2, 0.25) is 0 Å². The van der Waals surface area contributed by atoms with E-state index in [4.69, 9.17) is 4.42 Å². The van der Waals surface area contributed by atoms with Crippen molar-refractivity contribution >= 4 is 34.0 Å². The van der Waals surface area contributed by atoms with Crippen LogP contribution in [0, 0.1) is 18.3 Å². The average Bonchev–Trinajstić information content (AvgIpc) is 3.16. The van der Waals surface area contributed by atoms with E-state index in [2.05, 4.69) is 11.1 Å². The highest BCUT2D eigenvalue weighted by Crippen LogP contribution is 2.27. The van der Waals surface area contributed by atoms with E-state index in [0.29, 0.717) is 27.4 Å². The van der Waals surface area contributed by atoms with Crippen LogP contribution in [0.5, 0.6) is 0 Å². The van der Waals surface area contributed by atoms with Crippen LogP contribution in [0.1, 0.15) is 16.1 Å². The highest BCUT2D eigenvalue weighted by atomic mass is 32.1. The molecule has 0 aliphatic heterocycles. The number of allylic oxidation sites excluding steroid dienone is 1. The van der Waals surface area contributed by atoms with Gasteiger partial charge in [0.15, 0.2) is 0 Å². The quantitative estimate of drug-likeness (QED) is 0.363. The molecule has 0 aliphatic carbocycles. The van der Waals surface area contributed by atoms with Gasteiger partial charge in [-0.05, 0) is 36.3 Å². The van der Waals surface area contributed by atoms with Crippen molar-refractivity contribution in [1.82, 2.24) is 4.98 Å². The number of nitrogens with zero attached hydrogens (tertiary/aromatic N) is 2. The lowest BCUT2D eigenvalue weighted by atomic mass is 10.1. The maximum absolute atomic E-state index is 12.3. The number of para-hydroxylation sites is 1. The summed E-state index contributed by atoms with van der Waals surface area (Å²) in [5.74, 6) is 0. The van der Waals surface area contributed by atoms with Crippen LogP contribution < -0.4 is 5.63 Å². The predicted molar refractivity (Wildman–Crippen MR) is 108 cm³/mol. The molecule has 0 N–H and O–H groups in total. The molecule has 0 atom stereocenters. The zero-order valence-electron chi connectivity index (χ0n) is 14.5. The van der Waals surface area contributed by atoms with Gasteiger partial charge in [-0.3, -0.25) is 0 Å². The molecule has 2 aromatic heterocycles. The topological polar surface area (TPSA) is 66.9 Å². The largest absolute Gasteiger partial charge is 0.422 e. The van der Waals surface area contributed by atoms with E-state index in [1.54, 1.807) is 17.5 Å². The van der Waals surface area contributed by atoms with E-state index >= 15 is 0 Å². The molecular formula is C22H14N2O2S. The fourth-order valence-corrected chi connectivity index (χ4v) is 3.59. The first kappa shape index (κ1) is 17.0. The minimum absolute atomic E-state index is 0.393. The van der Waals surface area contributed by atoms with Gasteiger partial charge in [0.25, 0.3) is 0 Å². The molecule has 2 aromatic carbocycles. The van der Waals surface area contributed by atoms with Crippen LogP contribution in [0.15, 0.2) is 69.2 Å². The maximum atomic E-state index is 12.3. The lowest BCUT2D eigenvalue weighted by Gasteiger charge is -2.00. The molecule has 0 aliphatic rings. The molecule has 0 fully saturated rings. The van der Waals surface area contributed by atoms with Gasteiger partial charge in [0, 0.05) is 10.8 Å². The lowest BCUT2D eigenvalue weighted by molar-refractivity contribution is 0.563. The molecule has 0 spiro atoms. The zero-order valence-corrected chi connectivity index (χ0v) is 15.3. The molecule has 0 bridgehead atoms. The van der Waals surface area contributed by atoms with Crippen LogP contribution in [0.3, 0.4) is 0 Å². The van der Waals surface area contributed by atoms with Crippen LogP contribution in [0.25, 0.3) is 33.9 Å². The number of aryl methyl sites for hydroxylation is 1. The molecule has 130 valence electrons. The van der Waals surface area contributed by atoms with E-state index < -0.39 is 5.63 Å². The van der Waals surface area contributed by atoms with Crippen molar-refractivity contribution < 1.29 is 4.42 Å². The Morgan fingerprint density at radius 2 is 1.96 bits per heavy atom. The molecule has 4 rings (SSSR count). The molecule has 0 radical (unpaired) electrons. The van der Waals surface area contributed by atoms with Crippen molar-refractivity contribution in [2.75, 3.05) is 0 Å². The van der Waals surface area contributed by atoms with E-state index in [1.807, 2.05) is 55.5 Å². The summed E-state index contributed by atoms with van der Waals surface area (Å²) in [6.07, 6.45) is 1.82. The molecule has 0 unspecified atom stereocenters. The third kappa shape index (κ3) is 3.31. The number of nitriles is 1. The number of hydrogen-bond acceptors (Lipinski definition) is 5. The monoisotopic (exact) mass is 370 g/mol. The summed E-state index contributed by atoms with van der Waals surface area (Å²) in [5.41, 5.74) is 3.52. The fourth-order valence-electron chi connectivity index (χ4n) is 2.81. The number of rotatable bonds is 3. The van der Waals surface area contributed by atoms with E-state index in [9.17, 15) is 10.1 Å². The summed E-state index contributed by atoms with van der Waals surface area (Å²) >= 11 is 1.33. The SMILES string of the molecule is Cc1ccccc1/C=C(\C#N)c1nc(-c2cc3ccccc3oc2=O)cs1. The average molecular weight is 370 g/mol. The number of fused-ring (bicyclic) bond motifs is 1. The van der Waals surface area contributed by atoms with Crippen molar-refractivity contribution in [2.24, 2.45) is 0 Å². The number of thiazole rings is 1. The Balaban J connectivity index is 1.77. The first-order valence-corrected chi connectivity index (χ1v) is 9.20. The van der Waals surface area contributed by atoms with Gasteiger partial charge < -0.3 is 4.42 Å². The zero-order chi connectivity index (χ0) is 18.8. The Labute approximate surface area is 159 Å². The molecule has 0 saturated carbocycles. The van der Waals surface area contributed by atoms with Crippen molar-refractivity contribution in [2.45, 2.75) is 6.92 Å². The van der Waals surface area contributed by atoms with Crippen LogP contribution in [-0.4, -0.2) is 4.98 Å². The number of aromatic nitrogens is 1. The Morgan fingerprint density at radius 3 is 2.78 bits per heavy atom. The van der Waals surface area contributed by atoms with Crippen molar-refractivity contribution in [3.8, 4) is 17.3 Å². The fraction of sp³-hybridized carbons (Fsp3) is 0.0455. The minimum Gasteiger partial charge on any atom is -0.422 e. The van der Waals surface area contributed by atoms with Gasteiger partial charge >= 0.3 is 5.63 Å². The number of hydrogen-bond donors (Lipinski definition) is 0. The molecule has 5 heteroatoms. The summed E-state index contributed by atoms with van der Waals surface area (Å²) in [4.78, 5) is 16.8. The first-order chi connectivity index (χ1) is 13.2. The van der Waals surface area contributed by atoms with Crippen LogP contribution >= 0.6 is 11.3 Å². The highest BCUT2D eigenvalue weighted by Gasteiger charge is 2.14. The van der Waals surface area contributed by atoms with E-state index in [-0.39, 0.29) is 0 Å². The molecule has 0 amide bonds. The van der Waals surface area contributed by atoms with Gasteiger partial charge in [0.2, 0.25) is 0 Å². The second-order valence-corrected chi connectivity index (χ2v) is 6.91. The third-order valence-electron chi connectivity index (χ3n) is 4.26. The summed E-state index contributed by atoms with van der Waals surface area (Å²) in [7, 11) is 0. The van der Waals surface area contributed by atoms with Crippen molar-refractivity contribution in [3.63, 3.8) is 0 Å². The molecule has 4 aromatic rings. The predicted octanol–water partition coefficient (Wildman–Crippen LogP) is 5.29. The molecule has 27 heavy (non-hydrogen) atoms. The minimum atomic E-state index is -0.438. The Hall–Kier alpha value is -3.49. The summed E-state index contributed by atoms with van der Waals surface area (Å²) < 4.78 is 5.38. The standard InChI is InChI=1S/C22H14N2O2S/c1-14-6-2-3-7-15(14)10-17(12-23)21-24-19(13-27-21)18-11-16-8-4-5-9-20(16)26-22(18)25/h2-11,13H,1H3/b17-10+. The molecular weight excluding hydrogens is 356 g/mol. The number of benzene rings is 2. The van der Waals surface area contributed by atoms with Crippen molar-refractivity contribution in [3.05, 3.63) is 86.5 Å². The van der Waals surface area contributed by atoms with Gasteiger partial charge in [-0.2, -0.15) is 5.26 Å². The molecule has 2 heterocycles. The molecule has 4 nitrogen and oxygen atoms in total. The maximum Gasteiger partial charge on any atom is 0.345 e. The Morgan fingerprint density at radius 1 is 1.19 bits per heavy atom.